The molecule has 0 aliphatic rings. The zero-order valence-electron chi connectivity index (χ0n) is 10.1. The minimum Gasteiger partial charge on any atom is -0.398 e. The average Bonchev–Trinajstić information content (AvgIpc) is 2.72. The van der Waals surface area contributed by atoms with Crippen LogP contribution >= 0.6 is 11.3 Å². The lowest BCUT2D eigenvalue weighted by Gasteiger charge is -1.89. The van der Waals surface area contributed by atoms with E-state index in [1.54, 1.807) is 11.3 Å². The predicted octanol–water partition coefficient (Wildman–Crippen LogP) is 4.29. The number of nitrogens with two attached hydrogens (primary N) is 1. The number of hydrogen-bond acceptors (Lipinski definition) is 2. The van der Waals surface area contributed by atoms with Crippen LogP contribution in [-0.4, -0.2) is 0 Å². The van der Waals surface area contributed by atoms with Gasteiger partial charge in [0.25, 0.3) is 0 Å². The summed E-state index contributed by atoms with van der Waals surface area (Å²) in [5.41, 5.74) is 6.17. The first-order valence-electron chi connectivity index (χ1n) is 5.27. The molecule has 0 aliphatic carbocycles. The van der Waals surface area contributed by atoms with Crippen molar-refractivity contribution in [2.24, 2.45) is 5.73 Å². The van der Waals surface area contributed by atoms with Crippen molar-refractivity contribution in [2.75, 3.05) is 0 Å². The quantitative estimate of drug-likeness (QED) is 0.779. The molecule has 82 valence electrons. The van der Waals surface area contributed by atoms with Crippen LogP contribution in [-0.2, 0) is 6.42 Å². The van der Waals surface area contributed by atoms with Gasteiger partial charge in [0, 0.05) is 15.5 Å². The fourth-order valence-corrected chi connectivity index (χ4v) is 1.57. The standard InChI is InChI=1S/C8H11NS.2C2H6/c1-3-7-4-5-8(10-7)6(2)9;2*1-2/h4-5H,2-3,9H2,1H3;2*1-2H3. The second-order valence-electron chi connectivity index (χ2n) is 2.14. The summed E-state index contributed by atoms with van der Waals surface area (Å²) in [7, 11) is 0. The molecular formula is C12H23NS. The molecular weight excluding hydrogens is 190 g/mol. The summed E-state index contributed by atoms with van der Waals surface area (Å²) < 4.78 is 0. The molecule has 1 nitrogen and oxygen atoms in total. The molecule has 1 aromatic heterocycles. The zero-order chi connectivity index (χ0) is 11.6. The van der Waals surface area contributed by atoms with Crippen LogP contribution in [0.3, 0.4) is 0 Å². The van der Waals surface area contributed by atoms with E-state index in [0.717, 1.165) is 11.3 Å². The number of aryl methyl sites for hydroxylation is 1. The van der Waals surface area contributed by atoms with Crippen LogP contribution in [0.5, 0.6) is 0 Å². The maximum Gasteiger partial charge on any atom is 0.0496 e. The first kappa shape index (κ1) is 15.7. The molecule has 0 radical (unpaired) electrons. The normalized spacial score (nSPS) is 7.79. The van der Waals surface area contributed by atoms with Crippen molar-refractivity contribution in [1.82, 2.24) is 0 Å². The van der Waals surface area contributed by atoms with Crippen LogP contribution in [0.4, 0.5) is 0 Å². The van der Waals surface area contributed by atoms with Gasteiger partial charge in [-0.3, -0.25) is 0 Å². The molecule has 0 saturated carbocycles. The molecule has 1 heterocycles. The molecule has 0 amide bonds. The Hall–Kier alpha value is -0.760. The van der Waals surface area contributed by atoms with E-state index in [4.69, 9.17) is 5.73 Å². The summed E-state index contributed by atoms with van der Waals surface area (Å²) >= 11 is 1.72. The Morgan fingerprint density at radius 2 is 1.79 bits per heavy atom. The number of rotatable bonds is 2. The highest BCUT2D eigenvalue weighted by molar-refractivity contribution is 7.13. The molecule has 0 atom stereocenters. The summed E-state index contributed by atoms with van der Waals surface area (Å²) in [5, 5.41) is 0. The Morgan fingerprint density at radius 1 is 1.29 bits per heavy atom. The molecule has 0 aliphatic heterocycles. The van der Waals surface area contributed by atoms with Gasteiger partial charge < -0.3 is 5.73 Å². The molecule has 0 aromatic carbocycles. The lowest BCUT2D eigenvalue weighted by molar-refractivity contribution is 1.19. The van der Waals surface area contributed by atoms with Crippen molar-refractivity contribution in [3.05, 3.63) is 28.5 Å². The van der Waals surface area contributed by atoms with Crippen molar-refractivity contribution in [1.29, 1.82) is 0 Å². The van der Waals surface area contributed by atoms with Gasteiger partial charge >= 0.3 is 0 Å². The second-order valence-corrected chi connectivity index (χ2v) is 3.31. The van der Waals surface area contributed by atoms with Gasteiger partial charge in [0.1, 0.15) is 0 Å². The van der Waals surface area contributed by atoms with Crippen LogP contribution in [0.15, 0.2) is 18.7 Å². The second kappa shape index (κ2) is 10.3. The molecule has 0 fully saturated rings. The first-order valence-corrected chi connectivity index (χ1v) is 6.09. The number of hydrogen-bond donors (Lipinski definition) is 1. The largest absolute Gasteiger partial charge is 0.398 e. The lowest BCUT2D eigenvalue weighted by atomic mass is 10.3. The summed E-state index contributed by atoms with van der Waals surface area (Å²) in [6, 6.07) is 4.11. The molecule has 0 saturated heterocycles. The predicted molar refractivity (Wildman–Crippen MR) is 69.6 cm³/mol. The van der Waals surface area contributed by atoms with E-state index < -0.39 is 0 Å². The van der Waals surface area contributed by atoms with Gasteiger partial charge in [-0.15, -0.1) is 11.3 Å². The van der Waals surface area contributed by atoms with E-state index in [0.29, 0.717) is 5.70 Å². The SMILES string of the molecule is C=C(N)c1ccc(CC)s1.CC.CC. The molecule has 1 rings (SSSR count). The molecule has 0 bridgehead atoms. The molecule has 0 spiro atoms. The minimum absolute atomic E-state index is 0.671. The fraction of sp³-hybridized carbons (Fsp3) is 0.500. The van der Waals surface area contributed by atoms with Crippen LogP contribution in [0.25, 0.3) is 5.70 Å². The van der Waals surface area contributed by atoms with E-state index in [9.17, 15) is 0 Å². The summed E-state index contributed by atoms with van der Waals surface area (Å²) in [6.45, 7) is 13.8. The zero-order valence-corrected chi connectivity index (χ0v) is 10.9. The topological polar surface area (TPSA) is 26.0 Å². The van der Waals surface area contributed by atoms with E-state index >= 15 is 0 Å². The third kappa shape index (κ3) is 5.81. The monoisotopic (exact) mass is 213 g/mol. The minimum atomic E-state index is 0.671. The van der Waals surface area contributed by atoms with E-state index in [-0.39, 0.29) is 0 Å². The Balaban J connectivity index is 0. The van der Waals surface area contributed by atoms with Gasteiger partial charge in [0.2, 0.25) is 0 Å². The maximum atomic E-state index is 5.50. The Kier molecular flexibility index (Phi) is 11.6. The van der Waals surface area contributed by atoms with Crippen molar-refractivity contribution < 1.29 is 0 Å². The third-order valence-corrected chi connectivity index (χ3v) is 2.63. The Morgan fingerprint density at radius 3 is 2.00 bits per heavy atom. The van der Waals surface area contributed by atoms with E-state index in [1.807, 2.05) is 33.8 Å². The fourth-order valence-electron chi connectivity index (χ4n) is 0.741. The average molecular weight is 213 g/mol. The Bertz CT molecular complexity index is 238. The first-order chi connectivity index (χ1) is 6.74. The van der Waals surface area contributed by atoms with Crippen molar-refractivity contribution in [2.45, 2.75) is 41.0 Å². The van der Waals surface area contributed by atoms with Crippen LogP contribution in [0.2, 0.25) is 0 Å². The van der Waals surface area contributed by atoms with E-state index in [1.165, 1.54) is 4.88 Å². The van der Waals surface area contributed by atoms with Gasteiger partial charge in [-0.05, 0) is 18.6 Å². The highest BCUT2D eigenvalue weighted by Gasteiger charge is 1.97. The lowest BCUT2D eigenvalue weighted by Crippen LogP contribution is -1.88. The van der Waals surface area contributed by atoms with Crippen LogP contribution in [0, 0.1) is 0 Å². The molecule has 1 aromatic rings. The van der Waals surface area contributed by atoms with Gasteiger partial charge in [-0.1, -0.05) is 41.2 Å². The smallest absolute Gasteiger partial charge is 0.0496 e. The van der Waals surface area contributed by atoms with Crippen LogP contribution < -0.4 is 5.73 Å². The Labute approximate surface area is 92.7 Å². The van der Waals surface area contributed by atoms with Crippen molar-refractivity contribution in [3.63, 3.8) is 0 Å². The molecule has 2 heteroatoms. The van der Waals surface area contributed by atoms with Crippen molar-refractivity contribution >= 4 is 17.0 Å². The molecule has 14 heavy (non-hydrogen) atoms. The summed E-state index contributed by atoms with van der Waals surface area (Å²) in [6.07, 6.45) is 1.08. The van der Waals surface area contributed by atoms with Gasteiger partial charge in [-0.25, -0.2) is 0 Å². The third-order valence-electron chi connectivity index (χ3n) is 1.33. The van der Waals surface area contributed by atoms with Crippen molar-refractivity contribution in [3.8, 4) is 0 Å². The number of thiophene rings is 1. The maximum absolute atomic E-state index is 5.50. The highest BCUT2D eigenvalue weighted by atomic mass is 32.1. The van der Waals surface area contributed by atoms with Crippen LogP contribution in [0.1, 0.15) is 44.4 Å². The van der Waals surface area contributed by atoms with E-state index in [2.05, 4.69) is 19.6 Å². The molecule has 2 N–H and O–H groups in total. The molecule has 0 unspecified atom stereocenters. The van der Waals surface area contributed by atoms with Gasteiger partial charge in [-0.2, -0.15) is 0 Å². The summed E-state index contributed by atoms with van der Waals surface area (Å²) in [4.78, 5) is 2.46. The van der Waals surface area contributed by atoms with Gasteiger partial charge in [0.15, 0.2) is 0 Å². The van der Waals surface area contributed by atoms with Gasteiger partial charge in [0.05, 0.1) is 0 Å². The summed E-state index contributed by atoms with van der Waals surface area (Å²) in [5.74, 6) is 0. The highest BCUT2D eigenvalue weighted by Crippen LogP contribution is 2.20.